The number of aliphatic hydroxyl groups is 1. The van der Waals surface area contributed by atoms with E-state index in [4.69, 9.17) is 31.3 Å². The Morgan fingerprint density at radius 2 is 2.18 bits per heavy atom. The number of carbonyl (C=O) groups excluding carboxylic acids is 1. The van der Waals surface area contributed by atoms with E-state index in [-0.39, 0.29) is 40.5 Å². The maximum atomic E-state index is 12.5. The number of nitrogens with two attached hydrogens (primary N) is 1. The predicted octanol–water partition coefficient (Wildman–Crippen LogP) is -0.309. The van der Waals surface area contributed by atoms with Gasteiger partial charge in [-0.2, -0.15) is 4.98 Å². The van der Waals surface area contributed by atoms with Crippen LogP contribution in [0.3, 0.4) is 0 Å². The van der Waals surface area contributed by atoms with Crippen LogP contribution in [0.5, 0.6) is 0 Å². The number of aromatic amines is 1. The molecule has 4 heterocycles. The quantitative estimate of drug-likeness (QED) is 0.252. The molecule has 2 fully saturated rings. The molecule has 13 nitrogen and oxygen atoms in total. The number of nitrogen functional groups attached to an aromatic ring is 1. The first-order valence-electron chi connectivity index (χ1n) is 9.95. The molecule has 0 bridgehead atoms. The summed E-state index contributed by atoms with van der Waals surface area (Å²) in [5.41, 5.74) is 5.72. The minimum Gasteiger partial charge on any atom is -0.780 e. The number of hydrogen-bond donors (Lipinski definition) is 4. The lowest BCUT2D eigenvalue weighted by molar-refractivity contribution is -0.227. The number of thioether (sulfide) groups is 1. The molecule has 2 aliphatic heterocycles. The summed E-state index contributed by atoms with van der Waals surface area (Å²) in [7, 11) is 0. The first-order valence-corrected chi connectivity index (χ1v) is 13.5. The summed E-state index contributed by atoms with van der Waals surface area (Å²) >= 11 is 5.78. The Kier molecular flexibility index (Phi) is 6.20. The number of ether oxygens (including phenoxy) is 1. The first-order chi connectivity index (χ1) is 16.2. The standard InChI is InChI=1S/C18H19N6O7PS2/c19-17-22-14-11(15(27)23-17)21-18(34-7-10(25)20-8-4-2-1-3-5-8)24(14)16-12(26)13-9(30-16)6-29-32(28,33)31-13/h1-5,9,12-13,16,26H,6-7H2,(H,20,25)(H,28,33)(H3,19,22,23,27)/p-1/t9?,12?,13-,16-,32?/m1/s1. The highest BCUT2D eigenvalue weighted by molar-refractivity contribution is 8.06. The highest BCUT2D eigenvalue weighted by Crippen LogP contribution is 2.50. The lowest BCUT2D eigenvalue weighted by Crippen LogP contribution is -2.41. The number of rotatable bonds is 5. The Labute approximate surface area is 200 Å². The van der Waals surface area contributed by atoms with Crippen LogP contribution in [-0.4, -0.2) is 61.2 Å². The second-order valence-electron chi connectivity index (χ2n) is 7.46. The maximum Gasteiger partial charge on any atom is 0.280 e. The Balaban J connectivity index is 1.47. The fourth-order valence-corrected chi connectivity index (χ4v) is 5.95. The average molecular weight is 525 g/mol. The molecule has 0 spiro atoms. The Bertz CT molecular complexity index is 1350. The van der Waals surface area contributed by atoms with Gasteiger partial charge < -0.3 is 34.8 Å². The van der Waals surface area contributed by atoms with Gasteiger partial charge in [0, 0.05) is 5.69 Å². The molecule has 5 N–H and O–H groups in total. The van der Waals surface area contributed by atoms with E-state index in [1.807, 2.05) is 6.07 Å². The van der Waals surface area contributed by atoms with Gasteiger partial charge >= 0.3 is 0 Å². The highest BCUT2D eigenvalue weighted by atomic mass is 32.5. The largest absolute Gasteiger partial charge is 0.780 e. The predicted molar refractivity (Wildman–Crippen MR) is 123 cm³/mol. The number of H-pyrrole nitrogens is 1. The fourth-order valence-electron chi connectivity index (χ4n) is 3.70. The number of para-hydroxylation sites is 1. The van der Waals surface area contributed by atoms with E-state index in [1.54, 1.807) is 24.3 Å². The summed E-state index contributed by atoms with van der Waals surface area (Å²) in [5.74, 6) is -0.555. The van der Waals surface area contributed by atoms with Crippen molar-refractivity contribution >= 4 is 59.0 Å². The third-order valence-electron chi connectivity index (χ3n) is 5.14. The minimum absolute atomic E-state index is 0.0392. The van der Waals surface area contributed by atoms with Crippen molar-refractivity contribution in [2.45, 2.75) is 29.7 Å². The maximum absolute atomic E-state index is 12.5. The van der Waals surface area contributed by atoms with Gasteiger partial charge in [-0.25, -0.2) is 4.98 Å². The number of amides is 1. The number of benzene rings is 1. The van der Waals surface area contributed by atoms with E-state index in [0.717, 1.165) is 11.8 Å². The van der Waals surface area contributed by atoms with E-state index in [1.165, 1.54) is 4.57 Å². The Morgan fingerprint density at radius 3 is 2.94 bits per heavy atom. The van der Waals surface area contributed by atoms with Crippen LogP contribution in [-0.2, 0) is 30.4 Å². The number of nitrogens with zero attached hydrogens (tertiary/aromatic N) is 3. The number of aliphatic hydroxyl groups excluding tert-OH is 1. The van der Waals surface area contributed by atoms with Crippen molar-refractivity contribution in [1.82, 2.24) is 19.5 Å². The van der Waals surface area contributed by atoms with E-state index in [9.17, 15) is 19.6 Å². The summed E-state index contributed by atoms with van der Waals surface area (Å²) in [6, 6.07) is 8.89. The second kappa shape index (κ2) is 9.02. The molecule has 3 aromatic rings. The number of nitrogens with one attached hydrogen (secondary N) is 2. The number of fused-ring (bicyclic) bond motifs is 2. The van der Waals surface area contributed by atoms with Crippen molar-refractivity contribution in [2.75, 3.05) is 23.4 Å². The van der Waals surface area contributed by atoms with Crippen LogP contribution in [0.4, 0.5) is 11.6 Å². The molecule has 5 rings (SSSR count). The van der Waals surface area contributed by atoms with Gasteiger partial charge in [-0.15, -0.1) is 0 Å². The smallest absolute Gasteiger partial charge is 0.280 e. The number of carbonyl (C=O) groups is 1. The summed E-state index contributed by atoms with van der Waals surface area (Å²) in [4.78, 5) is 47.8. The zero-order valence-electron chi connectivity index (χ0n) is 17.2. The number of imidazole rings is 1. The monoisotopic (exact) mass is 525 g/mol. The van der Waals surface area contributed by atoms with Crippen LogP contribution >= 0.6 is 18.5 Å². The third kappa shape index (κ3) is 4.48. The van der Waals surface area contributed by atoms with Crippen LogP contribution in [0.2, 0.25) is 0 Å². The zero-order chi connectivity index (χ0) is 24.0. The first kappa shape index (κ1) is 23.4. The van der Waals surface area contributed by atoms with Gasteiger partial charge in [-0.1, -0.05) is 41.8 Å². The molecule has 2 saturated heterocycles. The second-order valence-corrected chi connectivity index (χ2v) is 11.1. The topological polar surface area (TPSA) is 190 Å². The normalized spacial score (nSPS) is 28.6. The molecule has 1 amide bonds. The molecule has 180 valence electrons. The number of hydrogen-bond acceptors (Lipinski definition) is 12. The lowest BCUT2D eigenvalue weighted by Gasteiger charge is -2.38. The van der Waals surface area contributed by atoms with Gasteiger partial charge in [-0.05, 0) is 12.1 Å². The molecule has 0 radical (unpaired) electrons. The van der Waals surface area contributed by atoms with Gasteiger partial charge in [0.15, 0.2) is 22.5 Å². The molecule has 0 aliphatic carbocycles. The van der Waals surface area contributed by atoms with Crippen LogP contribution in [0.1, 0.15) is 6.23 Å². The summed E-state index contributed by atoms with van der Waals surface area (Å²) < 4.78 is 17.5. The molecule has 2 aliphatic rings. The fraction of sp³-hybridized carbons (Fsp3) is 0.333. The number of anilines is 2. The molecular formula is C18H18N6O7PS2-. The molecular weight excluding hydrogens is 507 g/mol. The van der Waals surface area contributed by atoms with Crippen molar-refractivity contribution in [1.29, 1.82) is 0 Å². The van der Waals surface area contributed by atoms with Crippen LogP contribution in [0.15, 0.2) is 40.3 Å². The lowest BCUT2D eigenvalue weighted by atomic mass is 10.1. The Hall–Kier alpha value is -2.36. The molecule has 3 unspecified atom stereocenters. The minimum atomic E-state index is -3.76. The molecule has 34 heavy (non-hydrogen) atoms. The average Bonchev–Trinajstić information content (AvgIpc) is 3.29. The molecule has 0 saturated carbocycles. The van der Waals surface area contributed by atoms with Gasteiger partial charge in [-0.3, -0.25) is 19.1 Å². The molecule has 2 aromatic heterocycles. The Morgan fingerprint density at radius 1 is 1.41 bits per heavy atom. The third-order valence-corrected chi connectivity index (χ3v) is 7.63. The van der Waals surface area contributed by atoms with Crippen LogP contribution in [0, 0.1) is 0 Å². The van der Waals surface area contributed by atoms with Crippen LogP contribution < -0.4 is 21.5 Å². The highest BCUT2D eigenvalue weighted by Gasteiger charge is 2.50. The molecule has 1 aromatic carbocycles. The molecule has 5 atom stereocenters. The van der Waals surface area contributed by atoms with E-state index >= 15 is 0 Å². The van der Waals surface area contributed by atoms with Crippen molar-refractivity contribution in [3.63, 3.8) is 0 Å². The van der Waals surface area contributed by atoms with Crippen LogP contribution in [0.25, 0.3) is 11.2 Å². The zero-order valence-corrected chi connectivity index (χ0v) is 19.7. The van der Waals surface area contributed by atoms with E-state index in [2.05, 4.69) is 20.3 Å². The van der Waals surface area contributed by atoms with Crippen molar-refractivity contribution < 1.29 is 28.6 Å². The summed E-state index contributed by atoms with van der Waals surface area (Å²) in [5, 5.41) is 13.9. The van der Waals surface area contributed by atoms with E-state index in [0.29, 0.717) is 5.69 Å². The van der Waals surface area contributed by atoms with Crippen molar-refractivity contribution in [2.24, 2.45) is 0 Å². The summed E-state index contributed by atoms with van der Waals surface area (Å²) in [6.07, 6.45) is -4.30. The van der Waals surface area contributed by atoms with Crippen molar-refractivity contribution in [3.8, 4) is 0 Å². The van der Waals surface area contributed by atoms with Gasteiger partial charge in [0.25, 0.3) is 5.56 Å². The van der Waals surface area contributed by atoms with Gasteiger partial charge in [0.05, 0.1) is 12.4 Å². The number of aromatic nitrogens is 4. The summed E-state index contributed by atoms with van der Waals surface area (Å²) in [6.45, 7) is -3.91. The molecule has 16 heteroatoms. The SMILES string of the molecule is Nc1nc2c(nc(SCC(=O)Nc3ccccc3)n2[C@@H]2OC3COP([O-])(=S)O[C@H]3C2O)c(=O)[nH]1. The van der Waals surface area contributed by atoms with Gasteiger partial charge in [0.1, 0.15) is 25.0 Å². The van der Waals surface area contributed by atoms with E-state index < -0.39 is 36.8 Å². The van der Waals surface area contributed by atoms with Crippen molar-refractivity contribution in [3.05, 3.63) is 40.7 Å². The van der Waals surface area contributed by atoms with Gasteiger partial charge in [0.2, 0.25) is 11.9 Å².